The Balaban J connectivity index is 2.77. The number of rotatable bonds is 6. The molecule has 0 fully saturated rings. The van der Waals surface area contributed by atoms with Gasteiger partial charge in [-0.05, 0) is 35.8 Å². The summed E-state index contributed by atoms with van der Waals surface area (Å²) in [6.07, 6.45) is 3.49. The van der Waals surface area contributed by atoms with Gasteiger partial charge in [-0.25, -0.2) is 9.18 Å². The van der Waals surface area contributed by atoms with Gasteiger partial charge in [-0.1, -0.05) is 19.9 Å². The van der Waals surface area contributed by atoms with Crippen LogP contribution in [0.15, 0.2) is 24.3 Å². The van der Waals surface area contributed by atoms with Gasteiger partial charge in [0.1, 0.15) is 5.82 Å². The molecular weight excluding hydrogens is 251 g/mol. The highest BCUT2D eigenvalue weighted by molar-refractivity contribution is 7.99. The van der Waals surface area contributed by atoms with Crippen LogP contribution in [0.25, 0.3) is 6.08 Å². The smallest absolute Gasteiger partial charge is 0.328 e. The third-order valence-corrected chi connectivity index (χ3v) is 3.91. The molecule has 0 heterocycles. The predicted molar refractivity (Wildman–Crippen MR) is 74.1 cm³/mol. The maximum absolute atomic E-state index is 13.4. The van der Waals surface area contributed by atoms with Gasteiger partial charge in [-0.2, -0.15) is 11.8 Å². The van der Waals surface area contributed by atoms with Gasteiger partial charge < -0.3 is 5.11 Å². The molecule has 0 saturated carbocycles. The molecule has 0 aromatic heterocycles. The van der Waals surface area contributed by atoms with Crippen LogP contribution in [-0.4, -0.2) is 16.3 Å². The lowest BCUT2D eigenvalue weighted by Crippen LogP contribution is -1.94. The van der Waals surface area contributed by atoms with Crippen molar-refractivity contribution >= 4 is 23.8 Å². The lowest BCUT2D eigenvalue weighted by Gasteiger charge is -2.08. The molecule has 0 aliphatic carbocycles. The molecule has 1 aromatic carbocycles. The topological polar surface area (TPSA) is 37.3 Å². The zero-order chi connectivity index (χ0) is 13.5. The fourth-order valence-corrected chi connectivity index (χ4v) is 2.26. The van der Waals surface area contributed by atoms with Crippen LogP contribution in [-0.2, 0) is 10.5 Å². The summed E-state index contributed by atoms with van der Waals surface area (Å²) in [7, 11) is 0. The van der Waals surface area contributed by atoms with Gasteiger partial charge in [0.15, 0.2) is 0 Å². The van der Waals surface area contributed by atoms with E-state index in [1.807, 2.05) is 6.07 Å². The van der Waals surface area contributed by atoms with E-state index >= 15 is 0 Å². The van der Waals surface area contributed by atoms with Crippen molar-refractivity contribution in [1.29, 1.82) is 0 Å². The van der Waals surface area contributed by atoms with Crippen molar-refractivity contribution in [3.05, 3.63) is 41.2 Å². The normalized spacial score (nSPS) is 12.8. The molecule has 1 atom stereocenters. The zero-order valence-electron chi connectivity index (χ0n) is 10.5. The van der Waals surface area contributed by atoms with Crippen molar-refractivity contribution in [3.8, 4) is 0 Å². The van der Waals surface area contributed by atoms with Crippen LogP contribution in [0.1, 0.15) is 31.4 Å². The molecule has 0 saturated heterocycles. The average Bonchev–Trinajstić information content (AvgIpc) is 2.33. The Morgan fingerprint density at radius 3 is 2.83 bits per heavy atom. The summed E-state index contributed by atoms with van der Waals surface area (Å²) in [4.78, 5) is 10.4. The number of carboxylic acids is 1. The summed E-state index contributed by atoms with van der Waals surface area (Å²) in [6, 6.07) is 4.64. The first kappa shape index (κ1) is 14.8. The molecule has 2 nitrogen and oxygen atoms in total. The molecule has 1 N–H and O–H groups in total. The SMILES string of the molecule is CCC(C)SCc1cc(F)cc(C=CC(=O)O)c1. The Morgan fingerprint density at radius 2 is 2.22 bits per heavy atom. The van der Waals surface area contributed by atoms with Crippen molar-refractivity contribution in [2.45, 2.75) is 31.3 Å². The molecule has 0 spiro atoms. The molecular formula is C14H17FO2S. The molecule has 0 aliphatic rings. The molecule has 1 unspecified atom stereocenters. The lowest BCUT2D eigenvalue weighted by atomic mass is 10.1. The maximum atomic E-state index is 13.4. The fraction of sp³-hybridized carbons (Fsp3) is 0.357. The van der Waals surface area contributed by atoms with Crippen LogP contribution >= 0.6 is 11.8 Å². The first-order chi connectivity index (χ1) is 8.51. The quantitative estimate of drug-likeness (QED) is 0.794. The maximum Gasteiger partial charge on any atom is 0.328 e. The van der Waals surface area contributed by atoms with Gasteiger partial charge >= 0.3 is 5.97 Å². The molecule has 1 rings (SSSR count). The second-order valence-corrected chi connectivity index (χ2v) is 5.52. The van der Waals surface area contributed by atoms with Gasteiger partial charge in [0.2, 0.25) is 0 Å². The average molecular weight is 268 g/mol. The second kappa shape index (κ2) is 7.21. The van der Waals surface area contributed by atoms with E-state index in [1.54, 1.807) is 11.8 Å². The minimum Gasteiger partial charge on any atom is -0.478 e. The highest BCUT2D eigenvalue weighted by Crippen LogP contribution is 2.21. The number of halogens is 1. The third kappa shape index (κ3) is 5.36. The van der Waals surface area contributed by atoms with E-state index in [9.17, 15) is 9.18 Å². The van der Waals surface area contributed by atoms with Crippen LogP contribution in [0.3, 0.4) is 0 Å². The number of benzene rings is 1. The molecule has 0 aliphatic heterocycles. The van der Waals surface area contributed by atoms with Crippen molar-refractivity contribution in [2.75, 3.05) is 0 Å². The van der Waals surface area contributed by atoms with Gasteiger partial charge in [-0.15, -0.1) is 0 Å². The summed E-state index contributed by atoms with van der Waals surface area (Å²) in [6.45, 7) is 4.25. The summed E-state index contributed by atoms with van der Waals surface area (Å²) >= 11 is 1.76. The fourth-order valence-electron chi connectivity index (χ4n) is 1.38. The second-order valence-electron chi connectivity index (χ2n) is 4.09. The Bertz CT molecular complexity index is 443. The summed E-state index contributed by atoms with van der Waals surface area (Å²) in [5, 5.41) is 9.07. The summed E-state index contributed by atoms with van der Waals surface area (Å²) < 4.78 is 13.4. The molecule has 1 aromatic rings. The molecule has 98 valence electrons. The molecule has 0 radical (unpaired) electrons. The Hall–Kier alpha value is -1.29. The number of aliphatic carboxylic acids is 1. The Morgan fingerprint density at radius 1 is 1.50 bits per heavy atom. The Kier molecular flexibility index (Phi) is 5.92. The van der Waals surface area contributed by atoms with Gasteiger partial charge in [0, 0.05) is 17.1 Å². The standard InChI is InChI=1S/C14H17FO2S/c1-3-10(2)18-9-12-6-11(4-5-14(16)17)7-13(15)8-12/h4-8,10H,3,9H2,1-2H3,(H,16,17). The summed E-state index contributed by atoms with van der Waals surface area (Å²) in [5.41, 5.74) is 1.46. The van der Waals surface area contributed by atoms with E-state index in [0.717, 1.165) is 23.8 Å². The lowest BCUT2D eigenvalue weighted by molar-refractivity contribution is -0.131. The zero-order valence-corrected chi connectivity index (χ0v) is 11.3. The molecule has 0 bridgehead atoms. The molecule has 18 heavy (non-hydrogen) atoms. The predicted octanol–water partition coefficient (Wildman–Crippen LogP) is 3.96. The minimum absolute atomic E-state index is 0.331. The van der Waals surface area contributed by atoms with E-state index in [4.69, 9.17) is 5.11 Å². The van der Waals surface area contributed by atoms with E-state index in [-0.39, 0.29) is 5.82 Å². The van der Waals surface area contributed by atoms with Crippen molar-refractivity contribution in [1.82, 2.24) is 0 Å². The van der Waals surface area contributed by atoms with Crippen LogP contribution in [0.2, 0.25) is 0 Å². The monoisotopic (exact) mass is 268 g/mol. The molecule has 4 heteroatoms. The summed E-state index contributed by atoms with van der Waals surface area (Å²) in [5.74, 6) is -0.627. The van der Waals surface area contributed by atoms with Crippen molar-refractivity contribution in [2.24, 2.45) is 0 Å². The highest BCUT2D eigenvalue weighted by Gasteiger charge is 2.03. The van der Waals surface area contributed by atoms with E-state index in [2.05, 4.69) is 13.8 Å². The van der Waals surface area contributed by atoms with Crippen LogP contribution in [0.5, 0.6) is 0 Å². The minimum atomic E-state index is -1.03. The number of hydrogen-bond donors (Lipinski definition) is 1. The van der Waals surface area contributed by atoms with Crippen LogP contribution in [0.4, 0.5) is 4.39 Å². The van der Waals surface area contributed by atoms with Gasteiger partial charge in [-0.3, -0.25) is 0 Å². The van der Waals surface area contributed by atoms with Gasteiger partial charge in [0.05, 0.1) is 0 Å². The van der Waals surface area contributed by atoms with Crippen LogP contribution in [0, 0.1) is 5.82 Å². The molecule has 0 amide bonds. The van der Waals surface area contributed by atoms with Crippen LogP contribution < -0.4 is 0 Å². The first-order valence-corrected chi connectivity index (χ1v) is 6.88. The number of carboxylic acid groups (broad SMARTS) is 1. The van der Waals surface area contributed by atoms with Crippen molar-refractivity contribution < 1.29 is 14.3 Å². The number of hydrogen-bond acceptors (Lipinski definition) is 2. The van der Waals surface area contributed by atoms with Crippen molar-refractivity contribution in [3.63, 3.8) is 0 Å². The van der Waals surface area contributed by atoms with E-state index in [1.165, 1.54) is 18.2 Å². The largest absolute Gasteiger partial charge is 0.478 e. The van der Waals surface area contributed by atoms with Gasteiger partial charge in [0.25, 0.3) is 0 Å². The van der Waals surface area contributed by atoms with E-state index in [0.29, 0.717) is 10.8 Å². The highest BCUT2D eigenvalue weighted by atomic mass is 32.2. The number of carbonyl (C=O) groups is 1. The Labute approximate surface area is 111 Å². The number of thioether (sulfide) groups is 1. The third-order valence-electron chi connectivity index (χ3n) is 2.51. The first-order valence-electron chi connectivity index (χ1n) is 5.83. The van der Waals surface area contributed by atoms with E-state index < -0.39 is 5.97 Å².